The first-order valence-corrected chi connectivity index (χ1v) is 11.8. The number of rotatable bonds is 10. The van der Waals surface area contributed by atoms with Gasteiger partial charge in [-0.05, 0) is 37.1 Å². The van der Waals surface area contributed by atoms with Gasteiger partial charge in [0.2, 0.25) is 5.91 Å². The Bertz CT molecular complexity index is 1100. The fourth-order valence-corrected chi connectivity index (χ4v) is 4.16. The normalized spacial score (nSPS) is 11.8. The molecule has 0 aliphatic carbocycles. The predicted molar refractivity (Wildman–Crippen MR) is 131 cm³/mol. The molecule has 0 saturated carbocycles. The number of nitrogens with zero attached hydrogens (tertiary/aromatic N) is 3. The SMILES string of the molecule is C=CCn1c(SCC(=O)Nc2ccccc2CC)nnc1C(C)Oc1cc(Cl)ccc1Cl. The maximum atomic E-state index is 12.5. The van der Waals surface area contributed by atoms with E-state index in [4.69, 9.17) is 27.9 Å². The number of ether oxygens (including phenoxy) is 1. The van der Waals surface area contributed by atoms with E-state index in [1.54, 1.807) is 24.3 Å². The summed E-state index contributed by atoms with van der Waals surface area (Å²) in [6, 6.07) is 12.8. The largest absolute Gasteiger partial charge is 0.481 e. The van der Waals surface area contributed by atoms with Crippen LogP contribution in [0.1, 0.15) is 31.3 Å². The molecule has 0 aliphatic rings. The molecule has 1 unspecified atom stereocenters. The lowest BCUT2D eigenvalue weighted by Crippen LogP contribution is -2.16. The van der Waals surface area contributed by atoms with Crippen LogP contribution in [-0.4, -0.2) is 26.4 Å². The lowest BCUT2D eigenvalue weighted by molar-refractivity contribution is -0.113. The van der Waals surface area contributed by atoms with Crippen molar-refractivity contribution in [3.05, 3.63) is 76.6 Å². The summed E-state index contributed by atoms with van der Waals surface area (Å²) in [6.45, 7) is 8.19. The van der Waals surface area contributed by atoms with Gasteiger partial charge in [0.1, 0.15) is 5.75 Å². The minimum absolute atomic E-state index is 0.111. The van der Waals surface area contributed by atoms with Gasteiger partial charge in [-0.3, -0.25) is 9.36 Å². The van der Waals surface area contributed by atoms with Crippen LogP contribution in [0.25, 0.3) is 0 Å². The monoisotopic (exact) mass is 490 g/mol. The van der Waals surface area contributed by atoms with Gasteiger partial charge in [-0.2, -0.15) is 0 Å². The standard InChI is InChI=1S/C23H24Cl2N4O2S/c1-4-12-29-22(15(3)31-20-13-17(24)10-11-18(20)25)27-28-23(29)32-14-21(30)26-19-9-7-6-8-16(19)5-2/h4,6-11,13,15H,1,5,12,14H2,2-3H3,(H,26,30). The summed E-state index contributed by atoms with van der Waals surface area (Å²) in [5.41, 5.74) is 1.92. The number of hydrogen-bond acceptors (Lipinski definition) is 5. The van der Waals surface area contributed by atoms with E-state index >= 15 is 0 Å². The zero-order valence-corrected chi connectivity index (χ0v) is 20.2. The molecule has 168 valence electrons. The highest BCUT2D eigenvalue weighted by Gasteiger charge is 2.21. The summed E-state index contributed by atoms with van der Waals surface area (Å²) in [5.74, 6) is 1.15. The Hall–Kier alpha value is -2.48. The van der Waals surface area contributed by atoms with Crippen LogP contribution in [0.2, 0.25) is 10.0 Å². The Morgan fingerprint density at radius 2 is 2.06 bits per heavy atom. The van der Waals surface area contributed by atoms with Crippen molar-refractivity contribution < 1.29 is 9.53 Å². The molecule has 6 nitrogen and oxygen atoms in total. The highest BCUT2D eigenvalue weighted by Crippen LogP contribution is 2.32. The first-order chi connectivity index (χ1) is 15.4. The lowest BCUT2D eigenvalue weighted by atomic mass is 10.1. The van der Waals surface area contributed by atoms with E-state index in [9.17, 15) is 4.79 Å². The number of nitrogens with one attached hydrogen (secondary N) is 1. The molecule has 1 heterocycles. The average molecular weight is 491 g/mol. The molecule has 0 saturated heterocycles. The van der Waals surface area contributed by atoms with Gasteiger partial charge in [0.15, 0.2) is 17.1 Å². The van der Waals surface area contributed by atoms with Crippen LogP contribution < -0.4 is 10.1 Å². The third kappa shape index (κ3) is 6.06. The molecule has 0 spiro atoms. The molecule has 1 N–H and O–H groups in total. The van der Waals surface area contributed by atoms with Crippen LogP contribution in [0.15, 0.2) is 60.3 Å². The quantitative estimate of drug-likeness (QED) is 0.270. The second kappa shape index (κ2) is 11.4. The molecule has 9 heteroatoms. The summed E-state index contributed by atoms with van der Waals surface area (Å²) in [4.78, 5) is 12.5. The molecule has 2 aromatic carbocycles. The van der Waals surface area contributed by atoms with Crippen molar-refractivity contribution in [3.8, 4) is 5.75 Å². The van der Waals surface area contributed by atoms with Gasteiger partial charge < -0.3 is 10.1 Å². The maximum absolute atomic E-state index is 12.5. The molecule has 3 rings (SSSR count). The van der Waals surface area contributed by atoms with Crippen LogP contribution in [-0.2, 0) is 17.8 Å². The van der Waals surface area contributed by atoms with E-state index in [0.29, 0.717) is 33.3 Å². The number of carbonyl (C=O) groups is 1. The maximum Gasteiger partial charge on any atom is 0.234 e. The molecular weight excluding hydrogens is 467 g/mol. The molecule has 1 aromatic heterocycles. The molecule has 32 heavy (non-hydrogen) atoms. The number of benzene rings is 2. The van der Waals surface area contributed by atoms with Crippen molar-refractivity contribution in [1.82, 2.24) is 14.8 Å². The smallest absolute Gasteiger partial charge is 0.234 e. The second-order valence-corrected chi connectivity index (χ2v) is 8.71. The van der Waals surface area contributed by atoms with Gasteiger partial charge in [-0.25, -0.2) is 0 Å². The van der Waals surface area contributed by atoms with Gasteiger partial charge in [0.25, 0.3) is 0 Å². The predicted octanol–water partition coefficient (Wildman–Crippen LogP) is 6.20. The van der Waals surface area contributed by atoms with Crippen LogP contribution in [0.5, 0.6) is 5.75 Å². The summed E-state index contributed by atoms with van der Waals surface area (Å²) < 4.78 is 7.85. The van der Waals surface area contributed by atoms with Gasteiger partial charge in [-0.1, -0.05) is 66.2 Å². The molecule has 1 amide bonds. The number of aryl methyl sites for hydroxylation is 1. The first-order valence-electron chi connectivity index (χ1n) is 10.1. The van der Waals surface area contributed by atoms with Gasteiger partial charge >= 0.3 is 0 Å². The zero-order valence-electron chi connectivity index (χ0n) is 17.8. The lowest BCUT2D eigenvalue weighted by Gasteiger charge is -2.16. The molecule has 0 fully saturated rings. The average Bonchev–Trinajstić information content (AvgIpc) is 3.18. The summed E-state index contributed by atoms with van der Waals surface area (Å²) in [5, 5.41) is 13.1. The number of anilines is 1. The number of thioether (sulfide) groups is 1. The highest BCUT2D eigenvalue weighted by atomic mass is 35.5. The van der Waals surface area contributed by atoms with Crippen LogP contribution in [0.4, 0.5) is 5.69 Å². The van der Waals surface area contributed by atoms with Crippen LogP contribution >= 0.6 is 35.0 Å². The second-order valence-electron chi connectivity index (χ2n) is 6.92. The molecule has 0 bridgehead atoms. The van der Waals surface area contributed by atoms with E-state index in [0.717, 1.165) is 17.7 Å². The van der Waals surface area contributed by atoms with Gasteiger partial charge in [-0.15, -0.1) is 16.8 Å². The van der Waals surface area contributed by atoms with Crippen molar-refractivity contribution in [1.29, 1.82) is 0 Å². The topological polar surface area (TPSA) is 69.0 Å². The first kappa shape index (κ1) is 24.2. The van der Waals surface area contributed by atoms with E-state index in [-0.39, 0.29) is 11.7 Å². The fraction of sp³-hybridized carbons (Fsp3) is 0.261. The molecule has 1 atom stereocenters. The van der Waals surface area contributed by atoms with Crippen LogP contribution in [0, 0.1) is 0 Å². The van der Waals surface area contributed by atoms with E-state index in [2.05, 4.69) is 29.0 Å². The fourth-order valence-electron chi connectivity index (χ4n) is 3.09. The van der Waals surface area contributed by atoms with Crippen molar-refractivity contribution in [2.24, 2.45) is 0 Å². The van der Waals surface area contributed by atoms with Crippen molar-refractivity contribution in [2.75, 3.05) is 11.1 Å². The number of amides is 1. The third-order valence-corrected chi connectivity index (χ3v) is 6.14. The molecular formula is C23H24Cl2N4O2S. The summed E-state index contributed by atoms with van der Waals surface area (Å²) in [6.07, 6.45) is 2.14. The summed E-state index contributed by atoms with van der Waals surface area (Å²) in [7, 11) is 0. The number of aromatic nitrogens is 3. The Morgan fingerprint density at radius 1 is 1.28 bits per heavy atom. The van der Waals surface area contributed by atoms with E-state index < -0.39 is 6.10 Å². The Labute approximate surface area is 202 Å². The highest BCUT2D eigenvalue weighted by molar-refractivity contribution is 7.99. The molecule has 3 aromatic rings. The number of para-hydroxylation sites is 1. The van der Waals surface area contributed by atoms with Gasteiger partial charge in [0, 0.05) is 23.3 Å². The Kier molecular flexibility index (Phi) is 8.61. The zero-order chi connectivity index (χ0) is 23.1. The molecule has 0 aliphatic heterocycles. The third-order valence-electron chi connectivity index (χ3n) is 4.62. The Morgan fingerprint density at radius 3 is 2.81 bits per heavy atom. The van der Waals surface area contributed by atoms with Gasteiger partial charge in [0.05, 0.1) is 10.8 Å². The van der Waals surface area contributed by atoms with Crippen molar-refractivity contribution in [3.63, 3.8) is 0 Å². The minimum Gasteiger partial charge on any atom is -0.481 e. The number of hydrogen-bond donors (Lipinski definition) is 1. The summed E-state index contributed by atoms with van der Waals surface area (Å²) >= 11 is 13.6. The molecule has 0 radical (unpaired) electrons. The van der Waals surface area contributed by atoms with Crippen molar-refractivity contribution in [2.45, 2.75) is 38.1 Å². The van der Waals surface area contributed by atoms with Crippen molar-refractivity contribution >= 4 is 46.6 Å². The number of carbonyl (C=O) groups excluding carboxylic acids is 1. The van der Waals surface area contributed by atoms with Crippen LogP contribution in [0.3, 0.4) is 0 Å². The minimum atomic E-state index is -0.446. The Balaban J connectivity index is 1.70. The number of allylic oxidation sites excluding steroid dienone is 1. The van der Waals surface area contributed by atoms with E-state index in [1.165, 1.54) is 11.8 Å². The van der Waals surface area contributed by atoms with E-state index in [1.807, 2.05) is 35.8 Å². The number of halogens is 2.